The number of carbonyl (C=O) groups excluding carboxylic acids is 1. The van der Waals surface area contributed by atoms with Gasteiger partial charge in [0.05, 0.1) is 0 Å². The highest BCUT2D eigenvalue weighted by atomic mass is 17.1. The summed E-state index contributed by atoms with van der Waals surface area (Å²) in [4.78, 5) is 25.0. The molecule has 1 unspecified atom stereocenters. The van der Waals surface area contributed by atoms with Crippen molar-refractivity contribution in [1.29, 1.82) is 0 Å². The van der Waals surface area contributed by atoms with Crippen molar-refractivity contribution in [3.8, 4) is 0 Å². The fourth-order valence-electron chi connectivity index (χ4n) is 1.05. The Kier molecular flexibility index (Phi) is 5.33. The number of allylic oxidation sites excluding steroid dienone is 1. The minimum absolute atomic E-state index is 0.0283. The number of carbonyl (C=O) groups is 2. The summed E-state index contributed by atoms with van der Waals surface area (Å²) in [5.74, 6) is -2.45. The number of aliphatic carboxylic acids is 1. The second-order valence-corrected chi connectivity index (χ2v) is 3.07. The number of rotatable bonds is 5. The third kappa shape index (κ3) is 3.95. The van der Waals surface area contributed by atoms with Gasteiger partial charge < -0.3 is 5.11 Å². The van der Waals surface area contributed by atoms with E-state index in [-0.39, 0.29) is 11.1 Å². The van der Waals surface area contributed by atoms with Gasteiger partial charge >= 0.3 is 11.9 Å². The fourth-order valence-corrected chi connectivity index (χ4v) is 1.05. The van der Waals surface area contributed by atoms with Gasteiger partial charge in [0.15, 0.2) is 0 Å². The van der Waals surface area contributed by atoms with E-state index in [2.05, 4.69) is 11.5 Å². The molecule has 5 nitrogen and oxygen atoms in total. The first kappa shape index (κ1) is 13.4. The van der Waals surface area contributed by atoms with E-state index in [9.17, 15) is 9.59 Å². The van der Waals surface area contributed by atoms with Crippen molar-refractivity contribution in [1.82, 2.24) is 0 Å². The van der Waals surface area contributed by atoms with Crippen LogP contribution in [0.1, 0.15) is 20.3 Å². The summed E-state index contributed by atoms with van der Waals surface area (Å²) in [7, 11) is 0. The van der Waals surface area contributed by atoms with Crippen molar-refractivity contribution < 1.29 is 24.8 Å². The van der Waals surface area contributed by atoms with E-state index >= 15 is 0 Å². The Labute approximate surface area is 87.6 Å². The smallest absolute Gasteiger partial charge is 0.368 e. The van der Waals surface area contributed by atoms with Crippen LogP contribution in [0.4, 0.5) is 0 Å². The predicted octanol–water partition coefficient (Wildman–Crippen LogP) is 1.62. The minimum atomic E-state index is -1.06. The first-order valence-electron chi connectivity index (χ1n) is 4.40. The number of carboxylic acids is 1. The lowest BCUT2D eigenvalue weighted by atomic mass is 9.95. The maximum Gasteiger partial charge on any atom is 0.368 e. The quantitative estimate of drug-likeness (QED) is 0.412. The predicted molar refractivity (Wildman–Crippen MR) is 53.0 cm³/mol. The molecule has 0 amide bonds. The van der Waals surface area contributed by atoms with Gasteiger partial charge in [0.2, 0.25) is 0 Å². The number of hydrogen-bond acceptors (Lipinski definition) is 4. The largest absolute Gasteiger partial charge is 0.478 e. The van der Waals surface area contributed by atoms with Crippen LogP contribution >= 0.6 is 0 Å². The van der Waals surface area contributed by atoms with E-state index < -0.39 is 17.9 Å². The Balaban J connectivity index is 4.78. The Morgan fingerprint density at radius 1 is 1.53 bits per heavy atom. The molecule has 0 saturated carbocycles. The second-order valence-electron chi connectivity index (χ2n) is 3.07. The summed E-state index contributed by atoms with van der Waals surface area (Å²) in [6.45, 7) is 6.63. The Morgan fingerprint density at radius 2 is 2.07 bits per heavy atom. The molecule has 0 aliphatic heterocycles. The lowest BCUT2D eigenvalue weighted by molar-refractivity contribution is -0.229. The lowest BCUT2D eigenvalue weighted by Crippen LogP contribution is -2.13. The molecule has 1 atom stereocenters. The van der Waals surface area contributed by atoms with E-state index in [1.807, 2.05) is 0 Å². The highest BCUT2D eigenvalue weighted by Crippen LogP contribution is 2.18. The molecule has 84 valence electrons. The van der Waals surface area contributed by atoms with Gasteiger partial charge in [-0.3, -0.25) is 4.89 Å². The average molecular weight is 214 g/mol. The van der Waals surface area contributed by atoms with Crippen LogP contribution in [-0.4, -0.2) is 22.3 Å². The van der Waals surface area contributed by atoms with Gasteiger partial charge in [-0.15, -0.1) is 0 Å². The normalized spacial score (nSPS) is 13.1. The van der Waals surface area contributed by atoms with Crippen molar-refractivity contribution in [2.75, 3.05) is 0 Å². The summed E-state index contributed by atoms with van der Waals surface area (Å²) < 4.78 is 0. The molecule has 0 spiro atoms. The zero-order valence-electron chi connectivity index (χ0n) is 8.69. The zero-order chi connectivity index (χ0) is 12.0. The third-order valence-electron chi connectivity index (χ3n) is 2.02. The topological polar surface area (TPSA) is 83.8 Å². The first-order chi connectivity index (χ1) is 6.93. The molecule has 5 heteroatoms. The molecular formula is C10H14O5. The van der Waals surface area contributed by atoms with Crippen LogP contribution in [0.25, 0.3) is 0 Å². The zero-order valence-corrected chi connectivity index (χ0v) is 8.69. The molecule has 15 heavy (non-hydrogen) atoms. The summed E-state index contributed by atoms with van der Waals surface area (Å²) in [5.41, 5.74) is 0.148. The van der Waals surface area contributed by atoms with E-state index in [0.717, 1.165) is 0 Å². The van der Waals surface area contributed by atoms with Crippen LogP contribution in [0.2, 0.25) is 0 Å². The van der Waals surface area contributed by atoms with Gasteiger partial charge in [-0.25, -0.2) is 9.59 Å². The van der Waals surface area contributed by atoms with E-state index in [4.69, 9.17) is 10.4 Å². The van der Waals surface area contributed by atoms with Crippen molar-refractivity contribution in [2.45, 2.75) is 20.3 Å². The maximum atomic E-state index is 10.9. The minimum Gasteiger partial charge on any atom is -0.478 e. The fraction of sp³-hybridized carbons (Fsp3) is 0.400. The molecule has 0 aromatic carbocycles. The molecule has 2 N–H and O–H groups in total. The van der Waals surface area contributed by atoms with Crippen molar-refractivity contribution in [3.05, 3.63) is 23.8 Å². The van der Waals surface area contributed by atoms with Gasteiger partial charge in [-0.2, -0.15) is 5.26 Å². The Bertz CT molecular complexity index is 303. The van der Waals surface area contributed by atoms with Crippen LogP contribution in [0, 0.1) is 5.92 Å². The molecule has 0 rings (SSSR count). The SMILES string of the molecule is C=C(C(=O)OO)C(C=C(C)C(=O)O)CC. The highest BCUT2D eigenvalue weighted by molar-refractivity contribution is 5.89. The molecular weight excluding hydrogens is 200 g/mol. The van der Waals surface area contributed by atoms with Crippen LogP contribution in [-0.2, 0) is 14.5 Å². The van der Waals surface area contributed by atoms with Crippen molar-refractivity contribution >= 4 is 11.9 Å². The van der Waals surface area contributed by atoms with E-state index in [1.54, 1.807) is 6.92 Å². The summed E-state index contributed by atoms with van der Waals surface area (Å²) >= 11 is 0. The Morgan fingerprint density at radius 3 is 2.40 bits per heavy atom. The summed E-state index contributed by atoms with van der Waals surface area (Å²) in [6.07, 6.45) is 1.90. The van der Waals surface area contributed by atoms with Gasteiger partial charge in [0.25, 0.3) is 0 Å². The summed E-state index contributed by atoms with van der Waals surface area (Å²) in [6, 6.07) is 0. The molecule has 0 aromatic heterocycles. The monoisotopic (exact) mass is 214 g/mol. The van der Waals surface area contributed by atoms with Crippen LogP contribution in [0.15, 0.2) is 23.8 Å². The maximum absolute atomic E-state index is 10.9. The van der Waals surface area contributed by atoms with Crippen LogP contribution < -0.4 is 0 Å². The number of carboxylic acid groups (broad SMARTS) is 1. The third-order valence-corrected chi connectivity index (χ3v) is 2.02. The molecule has 0 fully saturated rings. The van der Waals surface area contributed by atoms with Gasteiger partial charge in [0, 0.05) is 17.1 Å². The molecule has 0 saturated heterocycles. The number of hydrogen-bond donors (Lipinski definition) is 2. The van der Waals surface area contributed by atoms with Gasteiger partial charge in [-0.1, -0.05) is 19.6 Å². The summed E-state index contributed by atoms with van der Waals surface area (Å²) in [5, 5.41) is 16.8. The first-order valence-corrected chi connectivity index (χ1v) is 4.40. The lowest BCUT2D eigenvalue weighted by Gasteiger charge is -2.11. The van der Waals surface area contributed by atoms with Crippen LogP contribution in [0.5, 0.6) is 0 Å². The molecule has 0 aromatic rings. The van der Waals surface area contributed by atoms with Crippen LogP contribution in [0.3, 0.4) is 0 Å². The standard InChI is InChI=1S/C10H14O5/c1-4-8(5-6(2)9(11)12)7(3)10(13)15-14/h5,8,14H,3-4H2,1-2H3,(H,11,12). The molecule has 0 bridgehead atoms. The average Bonchev–Trinajstić information content (AvgIpc) is 2.23. The highest BCUT2D eigenvalue weighted by Gasteiger charge is 2.18. The molecule has 0 heterocycles. The van der Waals surface area contributed by atoms with E-state index in [1.165, 1.54) is 13.0 Å². The molecule has 0 aliphatic rings. The van der Waals surface area contributed by atoms with Crippen molar-refractivity contribution in [3.63, 3.8) is 0 Å². The second kappa shape index (κ2) is 5.98. The van der Waals surface area contributed by atoms with Crippen molar-refractivity contribution in [2.24, 2.45) is 5.92 Å². The van der Waals surface area contributed by atoms with Gasteiger partial charge in [0.1, 0.15) is 0 Å². The van der Waals surface area contributed by atoms with E-state index in [0.29, 0.717) is 6.42 Å². The molecule has 0 radical (unpaired) electrons. The molecule has 0 aliphatic carbocycles. The Hall–Kier alpha value is -1.62. The van der Waals surface area contributed by atoms with Gasteiger partial charge in [-0.05, 0) is 13.3 Å².